The van der Waals surface area contributed by atoms with Crippen LogP contribution in [0.3, 0.4) is 0 Å². The lowest BCUT2D eigenvalue weighted by atomic mass is 10.0. The van der Waals surface area contributed by atoms with Crippen LogP contribution in [0.15, 0.2) is 24.3 Å². The Morgan fingerprint density at radius 2 is 0.682 bits per heavy atom. The van der Waals surface area contributed by atoms with E-state index in [1.807, 2.05) is 27.2 Å². The van der Waals surface area contributed by atoms with Gasteiger partial charge in [0.15, 0.2) is 0 Å². The molecule has 0 aromatic carbocycles. The second kappa shape index (κ2) is 65.4. The third kappa shape index (κ3) is 66.7. The van der Waals surface area contributed by atoms with Gasteiger partial charge in [0, 0.05) is 12.8 Å². The minimum absolute atomic E-state index is 0.0449. The summed E-state index contributed by atoms with van der Waals surface area (Å²) in [5.74, 6) is -0.478. The number of rotatable bonds is 70. The molecule has 0 aliphatic carbocycles. The number of carbonyl (C=O) groups is 2. The van der Waals surface area contributed by atoms with Crippen LogP contribution in [0.25, 0.3) is 0 Å². The van der Waals surface area contributed by atoms with Gasteiger partial charge < -0.3 is 19.4 Å². The van der Waals surface area contributed by atoms with E-state index in [0.29, 0.717) is 23.9 Å². The molecule has 0 aromatic heterocycles. The van der Waals surface area contributed by atoms with Crippen LogP contribution in [0.2, 0.25) is 0 Å². The number of quaternary nitrogens is 1. The van der Waals surface area contributed by atoms with Crippen molar-refractivity contribution in [3.05, 3.63) is 24.3 Å². The number of ether oxygens (including phenoxy) is 1. The summed E-state index contributed by atoms with van der Waals surface area (Å²) in [5, 5.41) is 3.09. The first kappa shape index (κ1) is 83.5. The van der Waals surface area contributed by atoms with Crippen LogP contribution >= 0.6 is 7.82 Å². The maximum absolute atomic E-state index is 13.6. The number of hydrogen-bond acceptors (Lipinski definition) is 6. The summed E-state index contributed by atoms with van der Waals surface area (Å²) in [5.41, 5.74) is 0. The first-order valence-corrected chi connectivity index (χ1v) is 39.2. The van der Waals surface area contributed by atoms with Crippen LogP contribution in [0.1, 0.15) is 393 Å². The third-order valence-corrected chi connectivity index (χ3v) is 18.4. The van der Waals surface area contributed by atoms with Crippen molar-refractivity contribution in [2.24, 2.45) is 0 Å². The van der Waals surface area contributed by atoms with Gasteiger partial charge >= 0.3 is 13.8 Å². The van der Waals surface area contributed by atoms with Crippen molar-refractivity contribution < 1.29 is 37.3 Å². The molecule has 504 valence electrons. The number of hydrogen-bond donors (Lipinski definition) is 2. The largest absolute Gasteiger partial charge is 0.472 e. The van der Waals surface area contributed by atoms with Gasteiger partial charge in [-0.1, -0.05) is 347 Å². The highest BCUT2D eigenvalue weighted by atomic mass is 31.2. The Morgan fingerprint density at radius 1 is 0.400 bits per heavy atom. The van der Waals surface area contributed by atoms with Crippen LogP contribution in [-0.2, 0) is 27.9 Å². The van der Waals surface area contributed by atoms with E-state index < -0.39 is 20.0 Å². The fraction of sp³-hybridized carbons (Fsp3) is 0.920. The van der Waals surface area contributed by atoms with E-state index in [9.17, 15) is 19.0 Å². The number of phosphoric acid groups is 1. The predicted octanol–water partition coefficient (Wildman–Crippen LogP) is 24.0. The number of carbonyl (C=O) groups excluding carboxylic acids is 2. The second-order valence-electron chi connectivity index (χ2n) is 27.2. The normalized spacial score (nSPS) is 13.5. The minimum atomic E-state index is -4.45. The fourth-order valence-corrected chi connectivity index (χ4v) is 12.3. The van der Waals surface area contributed by atoms with Gasteiger partial charge in [-0.2, -0.15) is 0 Å². The van der Waals surface area contributed by atoms with Crippen molar-refractivity contribution >= 4 is 19.7 Å². The smallest absolute Gasteiger partial charge is 0.456 e. The zero-order valence-electron chi connectivity index (χ0n) is 57.9. The average molecular weight is 1220 g/mol. The standard InChI is InChI=1S/C75H147N2O7P/c1-7-10-13-16-19-22-25-28-30-32-34-36-37-38-39-41-42-44-46-49-52-55-58-61-64-67-74(78)76-72(71-83-85(80,81)82-70-69-77(4,5)6)73(66-63-60-57-54-51-48-27-24-21-18-15-12-9-3)84-75(79)68-65-62-59-56-53-50-47-45-43-40-35-33-31-29-26-23-20-17-14-11-8-2/h28,30,63,66,72-73H,7-27,29,31-62,64-65,67-71H2,1-6H3,(H-,76,78,80,81)/p+1/b30-28+,66-63+. The van der Waals surface area contributed by atoms with Crippen LogP contribution in [0.4, 0.5) is 0 Å². The lowest BCUT2D eigenvalue weighted by Gasteiger charge is -2.27. The highest BCUT2D eigenvalue weighted by Crippen LogP contribution is 2.43. The molecule has 0 aliphatic heterocycles. The topological polar surface area (TPSA) is 111 Å². The first-order valence-electron chi connectivity index (χ1n) is 37.7. The zero-order chi connectivity index (χ0) is 62.1. The summed E-state index contributed by atoms with van der Waals surface area (Å²) < 4.78 is 30.9. The van der Waals surface area contributed by atoms with E-state index in [1.165, 1.54) is 302 Å². The van der Waals surface area contributed by atoms with Gasteiger partial charge in [-0.25, -0.2) is 4.57 Å². The Balaban J connectivity index is 5.00. The molecule has 0 spiro atoms. The number of esters is 1. The summed E-state index contributed by atoms with van der Waals surface area (Å²) in [6.07, 6.45) is 80.5. The summed E-state index contributed by atoms with van der Waals surface area (Å²) in [7, 11) is 1.52. The molecule has 0 bridgehead atoms. The van der Waals surface area contributed by atoms with Crippen molar-refractivity contribution in [3.8, 4) is 0 Å². The van der Waals surface area contributed by atoms with E-state index in [2.05, 4.69) is 44.3 Å². The first-order chi connectivity index (χ1) is 41.4. The van der Waals surface area contributed by atoms with E-state index in [1.54, 1.807) is 0 Å². The molecule has 0 saturated heterocycles. The third-order valence-electron chi connectivity index (χ3n) is 17.4. The van der Waals surface area contributed by atoms with Crippen LogP contribution in [-0.4, -0.2) is 74.3 Å². The molecule has 9 nitrogen and oxygen atoms in total. The van der Waals surface area contributed by atoms with E-state index in [4.69, 9.17) is 13.8 Å². The molecule has 0 rings (SSSR count). The zero-order valence-corrected chi connectivity index (χ0v) is 58.8. The Hall–Kier alpha value is -1.51. The number of amides is 1. The lowest BCUT2D eigenvalue weighted by molar-refractivity contribution is -0.870. The van der Waals surface area contributed by atoms with Crippen molar-refractivity contribution in [1.29, 1.82) is 0 Å². The van der Waals surface area contributed by atoms with Crippen LogP contribution in [0, 0.1) is 0 Å². The van der Waals surface area contributed by atoms with Gasteiger partial charge in [-0.05, 0) is 57.4 Å². The number of likely N-dealkylation sites (N-methyl/N-ethyl adjacent to an activating group) is 1. The highest BCUT2D eigenvalue weighted by molar-refractivity contribution is 7.47. The maximum atomic E-state index is 13.6. The molecule has 3 atom stereocenters. The molecule has 10 heteroatoms. The molecule has 0 aliphatic rings. The van der Waals surface area contributed by atoms with Crippen molar-refractivity contribution in [3.63, 3.8) is 0 Å². The number of allylic oxidation sites excluding steroid dienone is 3. The monoisotopic (exact) mass is 1220 g/mol. The molecular formula is C75H148N2O7P+. The summed E-state index contributed by atoms with van der Waals surface area (Å²) in [6, 6.07) is -0.843. The van der Waals surface area contributed by atoms with E-state index in [-0.39, 0.29) is 25.1 Å². The molecule has 85 heavy (non-hydrogen) atoms. The van der Waals surface area contributed by atoms with E-state index in [0.717, 1.165) is 57.8 Å². The Labute approximate surface area is 530 Å². The second-order valence-corrected chi connectivity index (χ2v) is 28.6. The molecule has 0 aromatic rings. The number of nitrogens with zero attached hydrogens (tertiary/aromatic N) is 1. The molecule has 3 unspecified atom stereocenters. The highest BCUT2D eigenvalue weighted by Gasteiger charge is 2.30. The molecule has 0 saturated carbocycles. The molecule has 0 radical (unpaired) electrons. The molecule has 2 N–H and O–H groups in total. The quantitative estimate of drug-likeness (QED) is 0.0205. The lowest BCUT2D eigenvalue weighted by Crippen LogP contribution is -2.47. The Bertz CT molecular complexity index is 1500. The average Bonchev–Trinajstić information content (AvgIpc) is 3.64. The minimum Gasteiger partial charge on any atom is -0.456 e. The van der Waals surface area contributed by atoms with Crippen molar-refractivity contribution in [2.45, 2.75) is 405 Å². The Kier molecular flexibility index (Phi) is 64.3. The van der Waals surface area contributed by atoms with Gasteiger partial charge in [0.05, 0.1) is 33.8 Å². The Morgan fingerprint density at radius 3 is 1.00 bits per heavy atom. The van der Waals surface area contributed by atoms with E-state index >= 15 is 0 Å². The summed E-state index contributed by atoms with van der Waals surface area (Å²) >= 11 is 0. The number of phosphoric ester groups is 1. The fourth-order valence-electron chi connectivity index (χ4n) is 11.6. The van der Waals surface area contributed by atoms with Gasteiger partial charge in [0.25, 0.3) is 0 Å². The molecule has 0 heterocycles. The van der Waals surface area contributed by atoms with Crippen LogP contribution < -0.4 is 5.32 Å². The van der Waals surface area contributed by atoms with Gasteiger partial charge in [0.2, 0.25) is 5.91 Å². The summed E-state index contributed by atoms with van der Waals surface area (Å²) in [6.45, 7) is 7.09. The van der Waals surface area contributed by atoms with Crippen molar-refractivity contribution in [1.82, 2.24) is 5.32 Å². The van der Waals surface area contributed by atoms with Gasteiger partial charge in [-0.15, -0.1) is 0 Å². The molecular weight excluding hydrogens is 1070 g/mol. The maximum Gasteiger partial charge on any atom is 0.472 e. The molecule has 0 fully saturated rings. The van der Waals surface area contributed by atoms with Gasteiger partial charge in [0.1, 0.15) is 19.3 Å². The number of unbranched alkanes of at least 4 members (excludes halogenated alkanes) is 52. The van der Waals surface area contributed by atoms with Crippen LogP contribution in [0.5, 0.6) is 0 Å². The summed E-state index contributed by atoms with van der Waals surface area (Å²) in [4.78, 5) is 38.0. The number of nitrogens with one attached hydrogen (secondary N) is 1. The SMILES string of the molecule is CCCCCCCC/C=C/CCCCCCCCCCCCCCCCCC(=O)NC(COP(=O)(O)OCC[N+](C)(C)C)C(/C=C/CCCCCCCCCCCCC)OC(=O)CCCCCCCCCCCCCCCCCCCCCCC. The van der Waals surface area contributed by atoms with Gasteiger partial charge in [-0.3, -0.25) is 18.6 Å². The predicted molar refractivity (Wildman–Crippen MR) is 370 cm³/mol. The molecule has 1 amide bonds. The van der Waals surface area contributed by atoms with Crippen molar-refractivity contribution in [2.75, 3.05) is 40.9 Å².